The Morgan fingerprint density at radius 2 is 2.00 bits per heavy atom. The molecule has 0 bridgehead atoms. The molecule has 0 saturated heterocycles. The number of hydrogen-bond acceptors (Lipinski definition) is 5. The van der Waals surface area contributed by atoms with Gasteiger partial charge in [0.25, 0.3) is 0 Å². The number of aromatic nitrogens is 1. The summed E-state index contributed by atoms with van der Waals surface area (Å²) in [5.41, 5.74) is 0.809. The van der Waals surface area contributed by atoms with Crippen LogP contribution >= 0.6 is 0 Å². The van der Waals surface area contributed by atoms with Gasteiger partial charge >= 0.3 is 5.97 Å². The summed E-state index contributed by atoms with van der Waals surface area (Å²) in [6.45, 7) is 2.75. The first-order valence-electron chi connectivity index (χ1n) is 6.51. The van der Waals surface area contributed by atoms with Crippen LogP contribution in [0.3, 0.4) is 0 Å². The Morgan fingerprint density at radius 3 is 2.55 bits per heavy atom. The summed E-state index contributed by atoms with van der Waals surface area (Å²) in [4.78, 5) is 30.8. The second-order valence-corrected chi connectivity index (χ2v) is 4.56. The van der Waals surface area contributed by atoms with Crippen molar-refractivity contribution in [2.45, 2.75) is 13.5 Å². The highest BCUT2D eigenvalue weighted by atomic mass is 16.5. The zero-order valence-corrected chi connectivity index (χ0v) is 12.2. The third-order valence-corrected chi connectivity index (χ3v) is 2.63. The number of rotatable bonds is 7. The Labute approximate surface area is 119 Å². The van der Waals surface area contributed by atoms with Crippen molar-refractivity contribution in [3.05, 3.63) is 30.1 Å². The van der Waals surface area contributed by atoms with E-state index < -0.39 is 0 Å². The van der Waals surface area contributed by atoms with Crippen LogP contribution in [0.1, 0.15) is 12.6 Å². The number of esters is 1. The van der Waals surface area contributed by atoms with Crippen molar-refractivity contribution >= 4 is 11.9 Å². The summed E-state index contributed by atoms with van der Waals surface area (Å²) in [6, 6.07) is 5.56. The number of likely N-dealkylation sites (N-methyl/N-ethyl adjacent to an activating group) is 1. The maximum Gasteiger partial charge on any atom is 0.320 e. The highest BCUT2D eigenvalue weighted by Gasteiger charge is 2.17. The van der Waals surface area contributed by atoms with Gasteiger partial charge in [0.1, 0.15) is 0 Å². The molecule has 0 aliphatic carbocycles. The van der Waals surface area contributed by atoms with Crippen molar-refractivity contribution in [1.82, 2.24) is 14.8 Å². The van der Waals surface area contributed by atoms with E-state index in [1.165, 1.54) is 4.90 Å². The topological polar surface area (TPSA) is 62.7 Å². The molecule has 1 heterocycles. The monoisotopic (exact) mass is 279 g/mol. The SMILES string of the molecule is CCOC(=O)CN(CC(=O)N(C)C)Cc1ccccn1. The van der Waals surface area contributed by atoms with Gasteiger partial charge in [-0.2, -0.15) is 0 Å². The van der Waals surface area contributed by atoms with Gasteiger partial charge < -0.3 is 9.64 Å². The molecule has 6 heteroatoms. The number of carbonyl (C=O) groups excluding carboxylic acids is 2. The maximum atomic E-state index is 11.8. The number of pyridine rings is 1. The largest absolute Gasteiger partial charge is 0.465 e. The van der Waals surface area contributed by atoms with Crippen LogP contribution < -0.4 is 0 Å². The van der Waals surface area contributed by atoms with Crippen molar-refractivity contribution in [1.29, 1.82) is 0 Å². The molecular weight excluding hydrogens is 258 g/mol. The summed E-state index contributed by atoms with van der Waals surface area (Å²) in [5.74, 6) is -0.403. The van der Waals surface area contributed by atoms with E-state index >= 15 is 0 Å². The lowest BCUT2D eigenvalue weighted by Crippen LogP contribution is -2.39. The quantitative estimate of drug-likeness (QED) is 0.682. The molecule has 0 radical (unpaired) electrons. The second kappa shape index (κ2) is 8.27. The van der Waals surface area contributed by atoms with Crippen LogP contribution in [0.15, 0.2) is 24.4 Å². The summed E-state index contributed by atoms with van der Waals surface area (Å²) < 4.78 is 4.93. The van der Waals surface area contributed by atoms with Gasteiger partial charge in [-0.3, -0.25) is 19.5 Å². The van der Waals surface area contributed by atoms with Gasteiger partial charge in [-0.15, -0.1) is 0 Å². The van der Waals surface area contributed by atoms with E-state index in [9.17, 15) is 9.59 Å². The van der Waals surface area contributed by atoms with E-state index in [1.807, 2.05) is 18.2 Å². The Hall–Kier alpha value is -1.95. The van der Waals surface area contributed by atoms with Crippen LogP contribution in [0.4, 0.5) is 0 Å². The molecule has 110 valence electrons. The van der Waals surface area contributed by atoms with Gasteiger partial charge in [0.15, 0.2) is 0 Å². The fourth-order valence-electron chi connectivity index (χ4n) is 1.61. The third-order valence-electron chi connectivity index (χ3n) is 2.63. The summed E-state index contributed by atoms with van der Waals surface area (Å²) in [5, 5.41) is 0. The Morgan fingerprint density at radius 1 is 1.25 bits per heavy atom. The minimum Gasteiger partial charge on any atom is -0.465 e. The Balaban J connectivity index is 2.68. The minimum absolute atomic E-state index is 0.0646. The molecule has 1 amide bonds. The molecule has 0 N–H and O–H groups in total. The van der Waals surface area contributed by atoms with E-state index in [0.717, 1.165) is 5.69 Å². The number of nitrogens with zero attached hydrogens (tertiary/aromatic N) is 3. The van der Waals surface area contributed by atoms with Gasteiger partial charge in [-0.1, -0.05) is 6.07 Å². The summed E-state index contributed by atoms with van der Waals surface area (Å²) in [7, 11) is 3.37. The lowest BCUT2D eigenvalue weighted by Gasteiger charge is -2.22. The van der Waals surface area contributed by atoms with Gasteiger partial charge in [0.05, 0.1) is 25.4 Å². The smallest absolute Gasteiger partial charge is 0.320 e. The first kappa shape index (κ1) is 16.1. The normalized spacial score (nSPS) is 10.4. The lowest BCUT2D eigenvalue weighted by molar-refractivity contribution is -0.145. The van der Waals surface area contributed by atoms with E-state index in [-0.39, 0.29) is 25.0 Å². The Kier molecular flexibility index (Phi) is 6.66. The molecule has 0 aromatic carbocycles. The molecule has 6 nitrogen and oxygen atoms in total. The first-order chi connectivity index (χ1) is 9.52. The fraction of sp³-hybridized carbons (Fsp3) is 0.500. The van der Waals surface area contributed by atoms with Crippen molar-refractivity contribution in [3.8, 4) is 0 Å². The summed E-state index contributed by atoms with van der Waals surface area (Å²) in [6.07, 6.45) is 1.69. The average Bonchev–Trinajstić information content (AvgIpc) is 2.39. The predicted molar refractivity (Wildman–Crippen MR) is 74.8 cm³/mol. The van der Waals surface area contributed by atoms with Crippen LogP contribution in [0.2, 0.25) is 0 Å². The van der Waals surface area contributed by atoms with Crippen molar-refractivity contribution in [2.75, 3.05) is 33.8 Å². The molecule has 1 aromatic heterocycles. The van der Waals surface area contributed by atoms with Crippen LogP contribution in [-0.4, -0.2) is 60.5 Å². The molecule has 0 unspecified atom stereocenters. The van der Waals surface area contributed by atoms with E-state index in [1.54, 1.807) is 32.1 Å². The molecule has 0 aliphatic heterocycles. The molecule has 0 spiro atoms. The van der Waals surface area contributed by atoms with Crippen molar-refractivity contribution in [2.24, 2.45) is 0 Å². The summed E-state index contributed by atoms with van der Waals surface area (Å²) >= 11 is 0. The molecule has 0 saturated carbocycles. The zero-order valence-electron chi connectivity index (χ0n) is 12.2. The maximum absolute atomic E-state index is 11.8. The zero-order chi connectivity index (χ0) is 15.0. The highest BCUT2D eigenvalue weighted by Crippen LogP contribution is 2.02. The molecule has 0 fully saturated rings. The molecule has 0 aliphatic rings. The van der Waals surface area contributed by atoms with Crippen LogP contribution in [0.5, 0.6) is 0 Å². The predicted octanol–water partition coefficient (Wildman–Crippen LogP) is 0.535. The standard InChI is InChI=1S/C14H21N3O3/c1-4-20-14(19)11-17(10-13(18)16(2)3)9-12-7-5-6-8-15-12/h5-8H,4,9-11H2,1-3H3. The van der Waals surface area contributed by atoms with Crippen LogP contribution in [0.25, 0.3) is 0 Å². The molecular formula is C14H21N3O3. The molecule has 1 aromatic rings. The number of amides is 1. The van der Waals surface area contributed by atoms with Crippen molar-refractivity contribution < 1.29 is 14.3 Å². The van der Waals surface area contributed by atoms with E-state index in [2.05, 4.69) is 4.98 Å². The Bertz CT molecular complexity index is 435. The molecule has 1 rings (SSSR count). The van der Waals surface area contributed by atoms with Gasteiger partial charge in [-0.05, 0) is 19.1 Å². The highest BCUT2D eigenvalue weighted by molar-refractivity contribution is 5.79. The third kappa shape index (κ3) is 5.79. The first-order valence-corrected chi connectivity index (χ1v) is 6.51. The number of carbonyl (C=O) groups is 2. The van der Waals surface area contributed by atoms with Crippen LogP contribution in [0, 0.1) is 0 Å². The molecule has 0 atom stereocenters. The van der Waals surface area contributed by atoms with E-state index in [4.69, 9.17) is 4.74 Å². The number of ether oxygens (including phenoxy) is 1. The average molecular weight is 279 g/mol. The lowest BCUT2D eigenvalue weighted by atomic mass is 10.3. The second-order valence-electron chi connectivity index (χ2n) is 4.56. The number of hydrogen-bond donors (Lipinski definition) is 0. The minimum atomic E-state index is -0.338. The van der Waals surface area contributed by atoms with Gasteiger partial charge in [-0.25, -0.2) is 0 Å². The fourth-order valence-corrected chi connectivity index (χ4v) is 1.61. The van der Waals surface area contributed by atoms with E-state index in [0.29, 0.717) is 13.2 Å². The van der Waals surface area contributed by atoms with Crippen molar-refractivity contribution in [3.63, 3.8) is 0 Å². The van der Waals surface area contributed by atoms with Gasteiger partial charge in [0, 0.05) is 26.8 Å². The van der Waals surface area contributed by atoms with Gasteiger partial charge in [0.2, 0.25) is 5.91 Å². The van der Waals surface area contributed by atoms with Crippen LogP contribution in [-0.2, 0) is 20.9 Å². The molecule has 20 heavy (non-hydrogen) atoms.